The molecule has 130 valence electrons. The number of aryl methyl sites for hydroxylation is 1. The van der Waals surface area contributed by atoms with Crippen LogP contribution in [0.5, 0.6) is 11.5 Å². The standard InChI is InChI=1S/C20H15NO5/c1-2-14-9-19(22)26-18-10-16(7-8-17(14)18)25-20(23)12-24-15-5-3-13(11-21)4-6-15/h3-10H,2,12H2,1H3. The second kappa shape index (κ2) is 7.53. The normalized spacial score (nSPS) is 10.3. The highest BCUT2D eigenvalue weighted by Gasteiger charge is 2.10. The maximum absolute atomic E-state index is 11.9. The molecule has 1 heterocycles. The fraction of sp³-hybridized carbons (Fsp3) is 0.150. The summed E-state index contributed by atoms with van der Waals surface area (Å²) in [7, 11) is 0. The van der Waals surface area contributed by atoms with Crippen LogP contribution in [0.3, 0.4) is 0 Å². The first-order valence-electron chi connectivity index (χ1n) is 7.99. The fourth-order valence-electron chi connectivity index (χ4n) is 2.50. The Morgan fingerprint density at radius 1 is 1.12 bits per heavy atom. The third-order valence-corrected chi connectivity index (χ3v) is 3.75. The molecule has 0 N–H and O–H groups in total. The second-order valence-electron chi connectivity index (χ2n) is 5.50. The molecule has 6 nitrogen and oxygen atoms in total. The Labute approximate surface area is 149 Å². The van der Waals surface area contributed by atoms with Crippen molar-refractivity contribution in [3.05, 3.63) is 70.1 Å². The molecule has 6 heteroatoms. The van der Waals surface area contributed by atoms with Gasteiger partial charge in [-0.2, -0.15) is 5.26 Å². The predicted octanol–water partition coefficient (Wildman–Crippen LogP) is 3.21. The van der Waals surface area contributed by atoms with Crippen molar-refractivity contribution in [1.82, 2.24) is 0 Å². The zero-order valence-corrected chi connectivity index (χ0v) is 14.0. The van der Waals surface area contributed by atoms with Crippen molar-refractivity contribution in [3.63, 3.8) is 0 Å². The Balaban J connectivity index is 1.68. The minimum Gasteiger partial charge on any atom is -0.482 e. The highest BCUT2D eigenvalue weighted by Crippen LogP contribution is 2.23. The number of benzene rings is 2. The summed E-state index contributed by atoms with van der Waals surface area (Å²) >= 11 is 0. The third-order valence-electron chi connectivity index (χ3n) is 3.75. The Hall–Kier alpha value is -3.59. The Morgan fingerprint density at radius 2 is 1.85 bits per heavy atom. The van der Waals surface area contributed by atoms with Gasteiger partial charge in [-0.15, -0.1) is 0 Å². The molecule has 3 rings (SSSR count). The maximum atomic E-state index is 11.9. The number of esters is 1. The summed E-state index contributed by atoms with van der Waals surface area (Å²) in [6, 6.07) is 14.7. The van der Waals surface area contributed by atoms with Crippen molar-refractivity contribution in [1.29, 1.82) is 5.26 Å². The van der Waals surface area contributed by atoms with Crippen LogP contribution < -0.4 is 15.1 Å². The van der Waals surface area contributed by atoms with Crippen molar-refractivity contribution >= 4 is 16.9 Å². The molecule has 0 radical (unpaired) electrons. The Bertz CT molecular complexity index is 1040. The fourth-order valence-corrected chi connectivity index (χ4v) is 2.50. The first-order chi connectivity index (χ1) is 12.6. The lowest BCUT2D eigenvalue weighted by Crippen LogP contribution is -2.17. The van der Waals surface area contributed by atoms with E-state index in [9.17, 15) is 9.59 Å². The van der Waals surface area contributed by atoms with Crippen LogP contribution in [0.25, 0.3) is 11.0 Å². The summed E-state index contributed by atoms with van der Waals surface area (Å²) in [5, 5.41) is 9.55. The van der Waals surface area contributed by atoms with Gasteiger partial charge in [0.1, 0.15) is 17.1 Å². The molecule has 0 saturated carbocycles. The first-order valence-corrected chi connectivity index (χ1v) is 7.99. The number of fused-ring (bicyclic) bond motifs is 1. The number of nitriles is 1. The van der Waals surface area contributed by atoms with E-state index in [0.717, 1.165) is 10.9 Å². The van der Waals surface area contributed by atoms with E-state index in [0.29, 0.717) is 23.3 Å². The summed E-state index contributed by atoms with van der Waals surface area (Å²) in [6.45, 7) is 1.66. The molecule has 0 spiro atoms. The van der Waals surface area contributed by atoms with Crippen molar-refractivity contribution in [3.8, 4) is 17.6 Å². The number of carbonyl (C=O) groups excluding carboxylic acids is 1. The van der Waals surface area contributed by atoms with Gasteiger partial charge in [0.05, 0.1) is 11.6 Å². The molecule has 0 bridgehead atoms. The van der Waals surface area contributed by atoms with Crippen LogP contribution >= 0.6 is 0 Å². The van der Waals surface area contributed by atoms with Crippen molar-refractivity contribution in [2.24, 2.45) is 0 Å². The number of ether oxygens (including phenoxy) is 2. The van der Waals surface area contributed by atoms with Gasteiger partial charge in [0.15, 0.2) is 6.61 Å². The molecule has 26 heavy (non-hydrogen) atoms. The molecule has 0 aliphatic carbocycles. The average molecular weight is 349 g/mol. The van der Waals surface area contributed by atoms with Crippen LogP contribution in [0.15, 0.2) is 57.7 Å². The molecule has 0 aliphatic heterocycles. The number of hydrogen-bond donors (Lipinski definition) is 0. The van der Waals surface area contributed by atoms with Crippen LogP contribution in [0, 0.1) is 11.3 Å². The molecule has 2 aromatic carbocycles. The lowest BCUT2D eigenvalue weighted by Gasteiger charge is -2.08. The molecular formula is C20H15NO5. The quantitative estimate of drug-likeness (QED) is 0.399. The highest BCUT2D eigenvalue weighted by molar-refractivity contribution is 5.83. The maximum Gasteiger partial charge on any atom is 0.349 e. The minimum atomic E-state index is -0.595. The van der Waals surface area contributed by atoms with Crippen LogP contribution in [-0.2, 0) is 11.2 Å². The van der Waals surface area contributed by atoms with E-state index in [2.05, 4.69) is 0 Å². The zero-order chi connectivity index (χ0) is 18.5. The highest BCUT2D eigenvalue weighted by atomic mass is 16.6. The Kier molecular flexibility index (Phi) is 4.99. The number of carbonyl (C=O) groups is 1. The van der Waals surface area contributed by atoms with Crippen molar-refractivity contribution in [2.45, 2.75) is 13.3 Å². The number of nitrogens with zero attached hydrogens (tertiary/aromatic N) is 1. The molecule has 0 amide bonds. The van der Waals surface area contributed by atoms with Crippen molar-refractivity contribution < 1.29 is 18.7 Å². The van der Waals surface area contributed by atoms with Gasteiger partial charge in [-0.25, -0.2) is 9.59 Å². The van der Waals surface area contributed by atoms with Crippen molar-refractivity contribution in [2.75, 3.05) is 6.61 Å². The molecule has 0 unspecified atom stereocenters. The molecular weight excluding hydrogens is 334 g/mol. The first kappa shape index (κ1) is 17.2. The summed E-state index contributed by atoms with van der Waals surface area (Å²) < 4.78 is 15.7. The summed E-state index contributed by atoms with van der Waals surface area (Å²) in [6.07, 6.45) is 0.694. The van der Waals surface area contributed by atoms with Gasteiger partial charge in [0.25, 0.3) is 0 Å². The second-order valence-corrected chi connectivity index (χ2v) is 5.50. The minimum absolute atomic E-state index is 0.266. The SMILES string of the molecule is CCc1cc(=O)oc2cc(OC(=O)COc3ccc(C#N)cc3)ccc12. The van der Waals surface area contributed by atoms with Gasteiger partial charge in [-0.3, -0.25) is 0 Å². The van der Waals surface area contributed by atoms with Gasteiger partial charge >= 0.3 is 11.6 Å². The zero-order valence-electron chi connectivity index (χ0n) is 14.0. The lowest BCUT2D eigenvalue weighted by atomic mass is 10.1. The van der Waals surface area contributed by atoms with E-state index in [1.54, 1.807) is 36.4 Å². The smallest absolute Gasteiger partial charge is 0.349 e. The van der Waals surface area contributed by atoms with E-state index in [1.807, 2.05) is 13.0 Å². The monoisotopic (exact) mass is 349 g/mol. The van der Waals surface area contributed by atoms with Crippen LogP contribution in [0.2, 0.25) is 0 Å². The van der Waals surface area contributed by atoms with Gasteiger partial charge in [0.2, 0.25) is 0 Å². The van der Waals surface area contributed by atoms with Gasteiger partial charge < -0.3 is 13.9 Å². The Morgan fingerprint density at radius 3 is 2.54 bits per heavy atom. The van der Waals surface area contributed by atoms with E-state index in [-0.39, 0.29) is 12.4 Å². The molecule has 0 fully saturated rings. The lowest BCUT2D eigenvalue weighted by molar-refractivity contribution is -0.136. The van der Waals surface area contributed by atoms with Crippen LogP contribution in [-0.4, -0.2) is 12.6 Å². The molecule has 0 saturated heterocycles. The summed E-state index contributed by atoms with van der Waals surface area (Å²) in [5.74, 6) is 0.128. The topological polar surface area (TPSA) is 89.5 Å². The van der Waals surface area contributed by atoms with E-state index < -0.39 is 11.6 Å². The molecule has 3 aromatic rings. The van der Waals surface area contributed by atoms with E-state index in [4.69, 9.17) is 19.2 Å². The molecule has 1 aromatic heterocycles. The predicted molar refractivity (Wildman–Crippen MR) is 94.1 cm³/mol. The summed E-state index contributed by atoms with van der Waals surface area (Å²) in [5.41, 5.74) is 1.30. The van der Waals surface area contributed by atoms with Crippen LogP contribution in [0.1, 0.15) is 18.1 Å². The van der Waals surface area contributed by atoms with Gasteiger partial charge in [0, 0.05) is 17.5 Å². The van der Waals surface area contributed by atoms with Crippen LogP contribution in [0.4, 0.5) is 0 Å². The van der Waals surface area contributed by atoms with E-state index >= 15 is 0 Å². The van der Waals surface area contributed by atoms with E-state index in [1.165, 1.54) is 12.1 Å². The molecule has 0 atom stereocenters. The number of rotatable bonds is 5. The largest absolute Gasteiger partial charge is 0.482 e. The third kappa shape index (κ3) is 3.90. The summed E-state index contributed by atoms with van der Waals surface area (Å²) in [4.78, 5) is 23.5. The average Bonchev–Trinajstić information content (AvgIpc) is 2.65. The van der Waals surface area contributed by atoms with Gasteiger partial charge in [-0.05, 0) is 48.4 Å². The molecule has 0 aliphatic rings. The van der Waals surface area contributed by atoms with Gasteiger partial charge in [-0.1, -0.05) is 6.92 Å². The number of hydrogen-bond acceptors (Lipinski definition) is 6.